The maximum absolute atomic E-state index is 11.4. The van der Waals surface area contributed by atoms with Crippen LogP contribution in [0.1, 0.15) is 91.9 Å². The molecular formula is C19H35O2-. The summed E-state index contributed by atoms with van der Waals surface area (Å²) >= 11 is 0. The Morgan fingerprint density at radius 2 is 1.48 bits per heavy atom. The monoisotopic (exact) mass is 295 g/mol. The van der Waals surface area contributed by atoms with Gasteiger partial charge in [-0.25, -0.2) is 0 Å². The van der Waals surface area contributed by atoms with Gasteiger partial charge in [-0.05, 0) is 30.3 Å². The van der Waals surface area contributed by atoms with Crippen molar-refractivity contribution in [2.45, 2.75) is 91.9 Å². The molecule has 124 valence electrons. The molecule has 2 heteroatoms. The zero-order valence-electron chi connectivity index (χ0n) is 14.6. The van der Waals surface area contributed by atoms with E-state index in [1.165, 1.54) is 32.1 Å². The summed E-state index contributed by atoms with van der Waals surface area (Å²) in [5, 5.41) is 11.4. The molecule has 0 radical (unpaired) electrons. The predicted molar refractivity (Wildman–Crippen MR) is 88.9 cm³/mol. The van der Waals surface area contributed by atoms with Crippen molar-refractivity contribution < 1.29 is 9.90 Å². The van der Waals surface area contributed by atoms with Gasteiger partial charge in [0, 0.05) is 0 Å². The minimum absolute atomic E-state index is 0.491. The van der Waals surface area contributed by atoms with Crippen LogP contribution < -0.4 is 5.11 Å². The second-order valence-corrected chi connectivity index (χ2v) is 6.29. The highest BCUT2D eigenvalue weighted by atomic mass is 16.4. The molecule has 21 heavy (non-hydrogen) atoms. The normalized spacial score (nSPS) is 15.0. The molecule has 0 rings (SSSR count). The first kappa shape index (κ1) is 20.2. The van der Waals surface area contributed by atoms with Crippen molar-refractivity contribution in [2.24, 2.45) is 11.8 Å². The molecule has 0 fully saturated rings. The summed E-state index contributed by atoms with van der Waals surface area (Å²) in [5.41, 5.74) is 0.535. The molecule has 0 spiro atoms. The van der Waals surface area contributed by atoms with Gasteiger partial charge in [-0.15, -0.1) is 0 Å². The molecule has 2 unspecified atom stereocenters. The fourth-order valence-electron chi connectivity index (χ4n) is 2.79. The maximum atomic E-state index is 11.4. The Morgan fingerprint density at radius 1 is 0.952 bits per heavy atom. The molecule has 0 aliphatic rings. The third-order valence-electron chi connectivity index (χ3n) is 4.55. The fraction of sp³-hybridized carbons (Fsp3) is 0.842. The van der Waals surface area contributed by atoms with Crippen LogP contribution >= 0.6 is 0 Å². The number of carboxylic acid groups (broad SMARTS) is 1. The minimum Gasteiger partial charge on any atom is -0.545 e. The highest BCUT2D eigenvalue weighted by Gasteiger charge is 2.11. The Kier molecular flexibility index (Phi) is 12.4. The van der Waals surface area contributed by atoms with E-state index in [4.69, 9.17) is 0 Å². The van der Waals surface area contributed by atoms with Crippen molar-refractivity contribution in [2.75, 3.05) is 0 Å². The number of carbonyl (C=O) groups excluding carboxylic acids is 1. The number of carbonyl (C=O) groups is 1. The Balaban J connectivity index is 4.56. The fourth-order valence-corrected chi connectivity index (χ4v) is 2.79. The van der Waals surface area contributed by atoms with E-state index in [1.54, 1.807) is 0 Å². The van der Waals surface area contributed by atoms with Crippen LogP contribution in [-0.4, -0.2) is 5.97 Å². The summed E-state index contributed by atoms with van der Waals surface area (Å²) in [6, 6.07) is 0. The Morgan fingerprint density at radius 3 is 1.90 bits per heavy atom. The van der Waals surface area contributed by atoms with E-state index in [0.29, 0.717) is 23.8 Å². The SMILES string of the molecule is CCCCC(CC)C/C=C(/CC(CC)CCCC)C(=O)[O-]. The number of hydrogen-bond donors (Lipinski definition) is 0. The zero-order valence-corrected chi connectivity index (χ0v) is 14.6. The summed E-state index contributed by atoms with van der Waals surface area (Å²) in [6.07, 6.45) is 12.9. The second-order valence-electron chi connectivity index (χ2n) is 6.29. The molecule has 0 aromatic carbocycles. The van der Waals surface area contributed by atoms with E-state index < -0.39 is 5.97 Å². The second kappa shape index (κ2) is 12.9. The molecule has 0 aromatic heterocycles. The molecule has 2 atom stereocenters. The van der Waals surface area contributed by atoms with Crippen molar-refractivity contribution in [3.63, 3.8) is 0 Å². The first-order valence-corrected chi connectivity index (χ1v) is 8.99. The number of unbranched alkanes of at least 4 members (excludes halogenated alkanes) is 2. The van der Waals surface area contributed by atoms with Gasteiger partial charge in [0.15, 0.2) is 0 Å². The molecule has 0 saturated heterocycles. The van der Waals surface area contributed by atoms with Crippen LogP contribution in [0.4, 0.5) is 0 Å². The standard InChI is InChI=1S/C19H36O2/c1-5-9-11-16(7-3)13-14-18(19(20)21)15-17(8-4)12-10-6-2/h14,16-17H,5-13,15H2,1-4H3,(H,20,21)/p-1/b18-14-. The number of carboxylic acids is 1. The average Bonchev–Trinajstić information content (AvgIpc) is 2.49. The quantitative estimate of drug-likeness (QED) is 0.454. The molecule has 0 bridgehead atoms. The molecule has 0 saturated carbocycles. The highest BCUT2D eigenvalue weighted by Crippen LogP contribution is 2.23. The topological polar surface area (TPSA) is 40.1 Å². The summed E-state index contributed by atoms with van der Waals surface area (Å²) in [6.45, 7) is 8.74. The third-order valence-corrected chi connectivity index (χ3v) is 4.55. The maximum Gasteiger partial charge on any atom is 0.0671 e. The molecule has 0 amide bonds. The van der Waals surface area contributed by atoms with Gasteiger partial charge in [-0.3, -0.25) is 0 Å². The van der Waals surface area contributed by atoms with Crippen LogP contribution in [0.3, 0.4) is 0 Å². The van der Waals surface area contributed by atoms with Crippen LogP contribution in [0.15, 0.2) is 11.6 Å². The first-order chi connectivity index (χ1) is 10.1. The lowest BCUT2D eigenvalue weighted by molar-refractivity contribution is -0.299. The summed E-state index contributed by atoms with van der Waals surface area (Å²) in [4.78, 5) is 11.4. The summed E-state index contributed by atoms with van der Waals surface area (Å²) in [7, 11) is 0. The number of rotatable bonds is 13. The molecular weight excluding hydrogens is 260 g/mol. The summed E-state index contributed by atoms with van der Waals surface area (Å²) < 4.78 is 0. The average molecular weight is 295 g/mol. The lowest BCUT2D eigenvalue weighted by atomic mass is 9.89. The Hall–Kier alpha value is -0.790. The van der Waals surface area contributed by atoms with Crippen molar-refractivity contribution in [3.05, 3.63) is 11.6 Å². The van der Waals surface area contributed by atoms with Gasteiger partial charge in [0.2, 0.25) is 0 Å². The summed E-state index contributed by atoms with van der Waals surface area (Å²) in [5.74, 6) is 0.148. The van der Waals surface area contributed by atoms with E-state index in [2.05, 4.69) is 27.7 Å². The van der Waals surface area contributed by atoms with Crippen molar-refractivity contribution >= 4 is 5.97 Å². The van der Waals surface area contributed by atoms with Crippen LogP contribution in [0.5, 0.6) is 0 Å². The molecule has 0 N–H and O–H groups in total. The number of hydrogen-bond acceptors (Lipinski definition) is 2. The van der Waals surface area contributed by atoms with Crippen LogP contribution in [0, 0.1) is 11.8 Å². The first-order valence-electron chi connectivity index (χ1n) is 8.99. The van der Waals surface area contributed by atoms with E-state index in [1.807, 2.05) is 6.08 Å². The van der Waals surface area contributed by atoms with Crippen LogP contribution in [0.2, 0.25) is 0 Å². The number of aliphatic carboxylic acids is 1. The molecule has 0 aliphatic carbocycles. The number of allylic oxidation sites excluding steroid dienone is 1. The molecule has 0 aliphatic heterocycles. The van der Waals surface area contributed by atoms with E-state index >= 15 is 0 Å². The smallest absolute Gasteiger partial charge is 0.0671 e. The van der Waals surface area contributed by atoms with Crippen molar-refractivity contribution in [1.82, 2.24) is 0 Å². The van der Waals surface area contributed by atoms with Gasteiger partial charge in [-0.2, -0.15) is 0 Å². The van der Waals surface area contributed by atoms with Crippen molar-refractivity contribution in [3.8, 4) is 0 Å². The van der Waals surface area contributed by atoms with Crippen LogP contribution in [-0.2, 0) is 4.79 Å². The third kappa shape index (κ3) is 9.71. The predicted octanol–water partition coefficient (Wildman–Crippen LogP) is 4.88. The molecule has 2 nitrogen and oxygen atoms in total. The van der Waals surface area contributed by atoms with Gasteiger partial charge < -0.3 is 9.90 Å². The van der Waals surface area contributed by atoms with Gasteiger partial charge in [0.25, 0.3) is 0 Å². The zero-order chi connectivity index (χ0) is 16.1. The largest absolute Gasteiger partial charge is 0.545 e. The van der Waals surface area contributed by atoms with E-state index in [0.717, 1.165) is 25.7 Å². The lowest BCUT2D eigenvalue weighted by Crippen LogP contribution is -2.26. The van der Waals surface area contributed by atoms with Crippen molar-refractivity contribution in [1.29, 1.82) is 0 Å². The minimum atomic E-state index is -0.963. The van der Waals surface area contributed by atoms with Crippen LogP contribution in [0.25, 0.3) is 0 Å². The van der Waals surface area contributed by atoms with E-state index in [9.17, 15) is 9.90 Å². The Labute approximate surface area is 132 Å². The molecule has 0 aromatic rings. The Bertz CT molecular complexity index is 294. The van der Waals surface area contributed by atoms with Gasteiger partial charge >= 0.3 is 0 Å². The molecule has 0 heterocycles. The lowest BCUT2D eigenvalue weighted by Gasteiger charge is -2.19. The van der Waals surface area contributed by atoms with Gasteiger partial charge in [0.1, 0.15) is 0 Å². The van der Waals surface area contributed by atoms with Gasteiger partial charge in [-0.1, -0.05) is 85.1 Å². The van der Waals surface area contributed by atoms with Gasteiger partial charge in [0.05, 0.1) is 5.97 Å². The van der Waals surface area contributed by atoms with E-state index in [-0.39, 0.29) is 0 Å². The highest BCUT2D eigenvalue weighted by molar-refractivity contribution is 5.84.